The molecule has 1 N–H and O–H groups in total. The minimum Gasteiger partial charge on any atom is -0.414 e. The van der Waals surface area contributed by atoms with Crippen LogP contribution in [0.15, 0.2) is 0 Å². The van der Waals surface area contributed by atoms with Crippen molar-refractivity contribution in [2.24, 2.45) is 34.5 Å². The van der Waals surface area contributed by atoms with Gasteiger partial charge in [0.1, 0.15) is 0 Å². The first-order valence-corrected chi connectivity index (χ1v) is 22.0. The maximum Gasteiger partial charge on any atom is 0.187 e. The van der Waals surface area contributed by atoms with Gasteiger partial charge in [0.25, 0.3) is 0 Å². The van der Waals surface area contributed by atoms with Crippen molar-refractivity contribution in [2.75, 3.05) is 0 Å². The van der Waals surface area contributed by atoms with Crippen LogP contribution in [-0.2, 0) is 8.85 Å². The molecule has 0 amide bonds. The second-order valence-corrected chi connectivity index (χ2v) is 23.9. The van der Waals surface area contributed by atoms with E-state index in [9.17, 15) is 5.11 Å². The second kappa shape index (κ2) is 10.4. The van der Waals surface area contributed by atoms with Gasteiger partial charge in [-0.25, -0.2) is 0 Å². The van der Waals surface area contributed by atoms with E-state index in [1.54, 1.807) is 0 Å². The quantitative estimate of drug-likeness (QED) is 0.299. The average Bonchev–Trinajstić information content (AvgIpc) is 3.05. The van der Waals surface area contributed by atoms with E-state index in [-0.39, 0.29) is 11.5 Å². The Labute approximate surface area is 226 Å². The van der Waals surface area contributed by atoms with Crippen LogP contribution in [0.3, 0.4) is 0 Å². The van der Waals surface area contributed by atoms with Crippen molar-refractivity contribution in [3.63, 3.8) is 0 Å². The van der Waals surface area contributed by atoms with Crippen molar-refractivity contribution in [3.05, 3.63) is 0 Å². The molecule has 4 aliphatic carbocycles. The van der Waals surface area contributed by atoms with E-state index in [1.807, 2.05) is 0 Å². The molecule has 0 aliphatic heterocycles. The number of aliphatic hydroxyl groups is 1. The Morgan fingerprint density at radius 1 is 0.833 bits per heavy atom. The zero-order chi connectivity index (χ0) is 26.6. The summed E-state index contributed by atoms with van der Waals surface area (Å²) in [6.45, 7) is 21.4. The maximum absolute atomic E-state index is 12.3. The summed E-state index contributed by atoms with van der Waals surface area (Å²) in [4.78, 5) is 0. The monoisotopic (exact) mass is 536 g/mol. The van der Waals surface area contributed by atoms with E-state index in [0.717, 1.165) is 24.2 Å². The van der Waals surface area contributed by atoms with E-state index in [2.05, 4.69) is 60.8 Å². The highest BCUT2D eigenvalue weighted by Gasteiger charge is 2.66. The molecule has 210 valence electrons. The molecule has 9 atom stereocenters. The molecule has 5 heteroatoms. The standard InChI is InChI=1S/C31H60O3Si2/c1-10-20-35(6,7)33-23(3)31(32)19-16-28-26-13-12-24-22-25(34-36(8,9)21-11-2)14-17-29(24,4)27(26)15-18-30(28,31)5/h23-28,32H,10-22H2,1-9H3. The van der Waals surface area contributed by atoms with Crippen molar-refractivity contribution < 1.29 is 14.0 Å². The SMILES string of the molecule is CCC[Si](C)(C)OC1CCC2(C)C(CCC3C2CCC2(C)C3CCC2(O)C(C)O[Si](C)(C)CCC)C1. The Kier molecular flexibility index (Phi) is 8.44. The van der Waals surface area contributed by atoms with Crippen molar-refractivity contribution in [1.29, 1.82) is 0 Å². The second-order valence-electron chi connectivity index (χ2n) is 15.4. The molecule has 0 bridgehead atoms. The minimum absolute atomic E-state index is 0.00354. The van der Waals surface area contributed by atoms with Gasteiger partial charge in [-0.1, -0.05) is 40.5 Å². The first kappa shape index (κ1) is 29.3. The van der Waals surface area contributed by atoms with E-state index in [4.69, 9.17) is 8.85 Å². The zero-order valence-electron chi connectivity index (χ0n) is 25.4. The van der Waals surface area contributed by atoms with Gasteiger partial charge in [-0.05, 0) is 132 Å². The molecule has 0 aromatic carbocycles. The summed E-state index contributed by atoms with van der Waals surface area (Å²) in [6, 6.07) is 2.47. The van der Waals surface area contributed by atoms with Crippen LogP contribution in [0, 0.1) is 34.5 Å². The molecule has 9 unspecified atom stereocenters. The van der Waals surface area contributed by atoms with Gasteiger partial charge in [0.05, 0.1) is 11.7 Å². The highest BCUT2D eigenvalue weighted by molar-refractivity contribution is 6.71. The summed E-state index contributed by atoms with van der Waals surface area (Å²) in [6.07, 6.45) is 14.2. The van der Waals surface area contributed by atoms with Gasteiger partial charge in [0, 0.05) is 11.5 Å². The van der Waals surface area contributed by atoms with Crippen LogP contribution < -0.4 is 0 Å². The normalized spacial score (nSPS) is 44.0. The lowest BCUT2D eigenvalue weighted by molar-refractivity contribution is -0.183. The Hall–Kier alpha value is 0.314. The third-order valence-corrected chi connectivity index (χ3v) is 17.6. The van der Waals surface area contributed by atoms with Crippen molar-refractivity contribution in [2.45, 2.75) is 161 Å². The van der Waals surface area contributed by atoms with Gasteiger partial charge in [-0.3, -0.25) is 0 Å². The van der Waals surface area contributed by atoms with Gasteiger partial charge < -0.3 is 14.0 Å². The van der Waals surface area contributed by atoms with Crippen LogP contribution in [0.2, 0.25) is 38.3 Å². The minimum atomic E-state index is -1.74. The summed E-state index contributed by atoms with van der Waals surface area (Å²) in [5, 5.41) is 12.3. The number of fused-ring (bicyclic) bond motifs is 5. The summed E-state index contributed by atoms with van der Waals surface area (Å²) >= 11 is 0. The topological polar surface area (TPSA) is 38.7 Å². The zero-order valence-corrected chi connectivity index (χ0v) is 27.4. The third-order valence-electron chi connectivity index (χ3n) is 12.2. The fourth-order valence-corrected chi connectivity index (χ4v) is 15.3. The Morgan fingerprint density at radius 3 is 2.14 bits per heavy atom. The molecule has 0 saturated heterocycles. The summed E-state index contributed by atoms with van der Waals surface area (Å²) in [7, 11) is -3.26. The first-order chi connectivity index (χ1) is 16.7. The highest BCUT2D eigenvalue weighted by Crippen LogP contribution is 2.69. The van der Waals surface area contributed by atoms with Crippen molar-refractivity contribution in [1.82, 2.24) is 0 Å². The summed E-state index contributed by atoms with van der Waals surface area (Å²) in [5.74, 6) is 3.11. The molecule has 4 aliphatic rings. The van der Waals surface area contributed by atoms with Gasteiger partial charge in [0.15, 0.2) is 16.6 Å². The molecule has 4 saturated carbocycles. The Balaban J connectivity index is 1.47. The summed E-state index contributed by atoms with van der Waals surface area (Å²) < 4.78 is 13.6. The predicted molar refractivity (Wildman–Crippen MR) is 157 cm³/mol. The van der Waals surface area contributed by atoms with E-state index >= 15 is 0 Å². The number of hydrogen-bond donors (Lipinski definition) is 1. The molecule has 4 rings (SSSR count). The average molecular weight is 537 g/mol. The van der Waals surface area contributed by atoms with Crippen LogP contribution in [0.4, 0.5) is 0 Å². The Morgan fingerprint density at radius 2 is 1.47 bits per heavy atom. The van der Waals surface area contributed by atoms with E-state index in [0.29, 0.717) is 17.4 Å². The van der Waals surface area contributed by atoms with Crippen LogP contribution in [0.5, 0.6) is 0 Å². The summed E-state index contributed by atoms with van der Waals surface area (Å²) in [5.41, 5.74) is -0.192. The number of rotatable bonds is 9. The lowest BCUT2D eigenvalue weighted by atomic mass is 9.44. The van der Waals surface area contributed by atoms with Gasteiger partial charge >= 0.3 is 0 Å². The third kappa shape index (κ3) is 5.11. The van der Waals surface area contributed by atoms with E-state index < -0.39 is 22.2 Å². The first-order valence-electron chi connectivity index (χ1n) is 15.8. The number of hydrogen-bond acceptors (Lipinski definition) is 3. The molecule has 0 spiro atoms. The Bertz CT molecular complexity index is 771. The van der Waals surface area contributed by atoms with Crippen molar-refractivity contribution >= 4 is 16.6 Å². The molecule has 0 radical (unpaired) electrons. The fraction of sp³-hybridized carbons (Fsp3) is 1.00. The fourth-order valence-electron chi connectivity index (χ4n) is 10.4. The van der Waals surface area contributed by atoms with Crippen LogP contribution in [0.25, 0.3) is 0 Å². The van der Waals surface area contributed by atoms with Gasteiger partial charge in [-0.15, -0.1) is 0 Å². The van der Waals surface area contributed by atoms with Gasteiger partial charge in [-0.2, -0.15) is 0 Å². The molecule has 0 aromatic rings. The lowest BCUT2D eigenvalue weighted by Crippen LogP contribution is -2.60. The largest absolute Gasteiger partial charge is 0.414 e. The van der Waals surface area contributed by atoms with Gasteiger partial charge in [0.2, 0.25) is 0 Å². The molecular weight excluding hydrogens is 477 g/mol. The molecular formula is C31H60O3Si2. The van der Waals surface area contributed by atoms with Crippen LogP contribution >= 0.6 is 0 Å². The lowest BCUT2D eigenvalue weighted by Gasteiger charge is -2.62. The molecule has 0 heterocycles. The van der Waals surface area contributed by atoms with E-state index in [1.165, 1.54) is 76.3 Å². The molecule has 3 nitrogen and oxygen atoms in total. The van der Waals surface area contributed by atoms with Crippen molar-refractivity contribution in [3.8, 4) is 0 Å². The van der Waals surface area contributed by atoms with Crippen LogP contribution in [-0.4, -0.2) is 39.6 Å². The van der Waals surface area contributed by atoms with Crippen LogP contribution in [0.1, 0.15) is 105 Å². The smallest absolute Gasteiger partial charge is 0.187 e. The predicted octanol–water partition coefficient (Wildman–Crippen LogP) is 8.78. The molecule has 0 aromatic heterocycles. The maximum atomic E-state index is 12.3. The highest BCUT2D eigenvalue weighted by atomic mass is 28.4. The molecule has 4 fully saturated rings. The molecule has 36 heavy (non-hydrogen) atoms.